The van der Waals surface area contributed by atoms with Gasteiger partial charge in [0.25, 0.3) is 0 Å². The quantitative estimate of drug-likeness (QED) is 0.287. The fourth-order valence-corrected chi connectivity index (χ4v) is 7.40. The highest BCUT2D eigenvalue weighted by atomic mass is 16.5. The molecule has 6 heteroatoms. The number of hydrogen-bond donors (Lipinski definition) is 1. The number of esters is 2. The van der Waals surface area contributed by atoms with Crippen LogP contribution in [0.3, 0.4) is 0 Å². The van der Waals surface area contributed by atoms with Gasteiger partial charge >= 0.3 is 11.9 Å². The van der Waals surface area contributed by atoms with Crippen LogP contribution in [0.2, 0.25) is 0 Å². The van der Waals surface area contributed by atoms with E-state index >= 15 is 0 Å². The maximum atomic E-state index is 12.9. The minimum Gasteiger partial charge on any atom is -0.426 e. The van der Waals surface area contributed by atoms with Gasteiger partial charge < -0.3 is 14.8 Å². The van der Waals surface area contributed by atoms with Crippen LogP contribution in [0.5, 0.6) is 11.5 Å². The maximum absolute atomic E-state index is 12.9. The number of carbonyl (C=O) groups excluding carboxylic acids is 2. The number of nitrogens with one attached hydrogen (secondary N) is 1. The van der Waals surface area contributed by atoms with E-state index in [1.807, 2.05) is 36.4 Å². The van der Waals surface area contributed by atoms with E-state index in [-0.39, 0.29) is 34.1 Å². The van der Waals surface area contributed by atoms with Gasteiger partial charge in [-0.05, 0) is 148 Å². The predicted molar refractivity (Wildman–Crippen MR) is 166 cm³/mol. The standard InChI is InChI=1S/C35H52N2O4/c1-32(2)16-14-24(22-33(3,4)36-32)18-30(38)40-28-12-10-27-21-29(13-11-26(27)20-28)41-31(39)19-25-15-17-34(5,6)37(9)35(7,8)23-25/h10-13,20-21,24-25,36H,14-19,22-23H2,1-9H3. The lowest BCUT2D eigenvalue weighted by Crippen LogP contribution is -2.51. The molecule has 4 rings (SSSR count). The molecule has 0 spiro atoms. The Morgan fingerprint density at radius 3 is 1.76 bits per heavy atom. The Bertz CT molecular complexity index is 1260. The number of ether oxygens (including phenoxy) is 2. The lowest BCUT2D eigenvalue weighted by Gasteiger charge is -2.45. The number of hydrogen-bond acceptors (Lipinski definition) is 6. The molecule has 2 aliphatic rings. The van der Waals surface area contributed by atoms with Gasteiger partial charge in [0, 0.05) is 35.0 Å². The molecule has 0 aromatic heterocycles. The molecule has 2 saturated heterocycles. The Hall–Kier alpha value is -2.44. The van der Waals surface area contributed by atoms with Crippen molar-refractivity contribution in [1.29, 1.82) is 0 Å². The number of fused-ring (bicyclic) bond motifs is 1. The number of rotatable bonds is 6. The highest BCUT2D eigenvalue weighted by Gasteiger charge is 2.40. The summed E-state index contributed by atoms with van der Waals surface area (Å²) in [5.74, 6) is 1.31. The van der Waals surface area contributed by atoms with Crippen LogP contribution in [0.4, 0.5) is 0 Å². The number of benzene rings is 2. The van der Waals surface area contributed by atoms with Gasteiger partial charge in [-0.3, -0.25) is 14.5 Å². The third-order valence-corrected chi connectivity index (χ3v) is 9.58. The third-order valence-electron chi connectivity index (χ3n) is 9.58. The van der Waals surface area contributed by atoms with E-state index in [0.717, 1.165) is 49.3 Å². The van der Waals surface area contributed by atoms with Crippen molar-refractivity contribution in [3.8, 4) is 11.5 Å². The number of carbonyl (C=O) groups is 2. The molecule has 2 heterocycles. The van der Waals surface area contributed by atoms with Crippen molar-refractivity contribution in [2.45, 2.75) is 129 Å². The average Bonchev–Trinajstić information content (AvgIpc) is 2.99. The molecule has 1 N–H and O–H groups in total. The molecule has 0 amide bonds. The monoisotopic (exact) mass is 564 g/mol. The van der Waals surface area contributed by atoms with Crippen molar-refractivity contribution in [2.24, 2.45) is 11.8 Å². The van der Waals surface area contributed by atoms with Crippen molar-refractivity contribution >= 4 is 22.7 Å². The molecule has 2 aromatic rings. The Labute approximate surface area is 247 Å². The zero-order chi connectivity index (χ0) is 30.2. The van der Waals surface area contributed by atoms with Gasteiger partial charge in [-0.2, -0.15) is 0 Å². The van der Waals surface area contributed by atoms with Crippen LogP contribution < -0.4 is 14.8 Å². The summed E-state index contributed by atoms with van der Waals surface area (Å²) < 4.78 is 11.6. The lowest BCUT2D eigenvalue weighted by atomic mass is 9.87. The van der Waals surface area contributed by atoms with Crippen LogP contribution in [0.25, 0.3) is 10.8 Å². The molecule has 0 radical (unpaired) electrons. The topological polar surface area (TPSA) is 67.9 Å². The number of nitrogens with zero attached hydrogens (tertiary/aromatic N) is 1. The molecule has 2 fully saturated rings. The highest BCUT2D eigenvalue weighted by molar-refractivity contribution is 5.87. The fourth-order valence-electron chi connectivity index (χ4n) is 7.40. The van der Waals surface area contributed by atoms with Gasteiger partial charge in [-0.1, -0.05) is 12.1 Å². The second kappa shape index (κ2) is 11.7. The van der Waals surface area contributed by atoms with Crippen molar-refractivity contribution in [1.82, 2.24) is 10.2 Å². The summed E-state index contributed by atoms with van der Waals surface area (Å²) in [6.07, 6.45) is 6.86. The summed E-state index contributed by atoms with van der Waals surface area (Å²) in [4.78, 5) is 28.2. The van der Waals surface area contributed by atoms with Crippen molar-refractivity contribution in [3.63, 3.8) is 0 Å². The molecular formula is C35H52N2O4. The second-order valence-electron chi connectivity index (χ2n) is 15.3. The zero-order valence-electron chi connectivity index (χ0n) is 26.9. The van der Waals surface area contributed by atoms with Gasteiger partial charge in [-0.15, -0.1) is 0 Å². The van der Waals surface area contributed by atoms with Gasteiger partial charge in [-0.25, -0.2) is 0 Å². The van der Waals surface area contributed by atoms with E-state index in [1.54, 1.807) is 0 Å². The van der Waals surface area contributed by atoms with E-state index in [9.17, 15) is 9.59 Å². The van der Waals surface area contributed by atoms with Crippen LogP contribution in [0.15, 0.2) is 36.4 Å². The van der Waals surface area contributed by atoms with Crippen molar-refractivity contribution < 1.29 is 19.1 Å². The molecule has 2 unspecified atom stereocenters. The molecular weight excluding hydrogens is 512 g/mol. The first-order chi connectivity index (χ1) is 18.9. The summed E-state index contributed by atoms with van der Waals surface area (Å²) in [6.45, 7) is 18.0. The second-order valence-corrected chi connectivity index (χ2v) is 15.3. The van der Waals surface area contributed by atoms with Gasteiger partial charge in [0.1, 0.15) is 11.5 Å². The maximum Gasteiger partial charge on any atom is 0.311 e. The molecule has 2 aromatic carbocycles. The fraction of sp³-hybridized carbons (Fsp3) is 0.657. The van der Waals surface area contributed by atoms with Crippen LogP contribution in [0.1, 0.15) is 107 Å². The van der Waals surface area contributed by atoms with Gasteiger partial charge in [0.05, 0.1) is 0 Å². The first-order valence-electron chi connectivity index (χ1n) is 15.4. The van der Waals surface area contributed by atoms with Crippen molar-refractivity contribution in [3.05, 3.63) is 36.4 Å². The minimum atomic E-state index is -0.188. The van der Waals surface area contributed by atoms with E-state index in [4.69, 9.17) is 9.47 Å². The van der Waals surface area contributed by atoms with Gasteiger partial charge in [0.15, 0.2) is 0 Å². The molecule has 6 nitrogen and oxygen atoms in total. The van der Waals surface area contributed by atoms with Gasteiger partial charge in [0.2, 0.25) is 0 Å². The molecule has 226 valence electrons. The Morgan fingerprint density at radius 1 is 0.732 bits per heavy atom. The molecule has 0 aliphatic carbocycles. The number of likely N-dealkylation sites (tertiary alicyclic amines) is 1. The lowest BCUT2D eigenvalue weighted by molar-refractivity contribution is -0.136. The van der Waals surface area contributed by atoms with Crippen LogP contribution in [0, 0.1) is 11.8 Å². The van der Waals surface area contributed by atoms with E-state index in [1.165, 1.54) is 0 Å². The smallest absolute Gasteiger partial charge is 0.311 e. The predicted octanol–water partition coefficient (Wildman–Crippen LogP) is 7.67. The van der Waals surface area contributed by atoms with Crippen LogP contribution in [-0.2, 0) is 9.59 Å². The Morgan fingerprint density at radius 2 is 1.22 bits per heavy atom. The molecule has 41 heavy (non-hydrogen) atoms. The van der Waals surface area contributed by atoms with Crippen molar-refractivity contribution in [2.75, 3.05) is 7.05 Å². The Balaban J connectivity index is 1.34. The molecule has 2 atom stereocenters. The summed E-state index contributed by atoms with van der Waals surface area (Å²) in [5.41, 5.74) is 0.174. The summed E-state index contributed by atoms with van der Waals surface area (Å²) in [6, 6.07) is 11.2. The largest absolute Gasteiger partial charge is 0.426 e. The summed E-state index contributed by atoms with van der Waals surface area (Å²) in [7, 11) is 2.19. The first kappa shape index (κ1) is 31.5. The molecule has 2 aliphatic heterocycles. The Kier molecular flexibility index (Phi) is 8.97. The molecule has 0 bridgehead atoms. The van der Waals surface area contributed by atoms with E-state index in [2.05, 4.69) is 72.7 Å². The van der Waals surface area contributed by atoms with Crippen LogP contribution >= 0.6 is 0 Å². The van der Waals surface area contributed by atoms with Crippen LogP contribution in [-0.4, -0.2) is 46.0 Å². The molecule has 0 saturated carbocycles. The van der Waals surface area contributed by atoms with E-state index in [0.29, 0.717) is 36.2 Å². The third kappa shape index (κ3) is 8.32. The SMILES string of the molecule is CN1C(C)(C)CCC(CC(=O)Oc2ccc3cc(OC(=O)CC4CCC(C)(C)NC(C)(C)C4)ccc3c2)CC1(C)C. The van der Waals surface area contributed by atoms with E-state index < -0.39 is 0 Å². The minimum absolute atomic E-state index is 0.0189. The summed E-state index contributed by atoms with van der Waals surface area (Å²) >= 11 is 0. The highest BCUT2D eigenvalue weighted by Crippen LogP contribution is 2.39. The average molecular weight is 565 g/mol. The summed E-state index contributed by atoms with van der Waals surface area (Å²) in [5, 5.41) is 5.60. The normalized spacial score (nSPS) is 25.6. The first-order valence-corrected chi connectivity index (χ1v) is 15.4. The zero-order valence-corrected chi connectivity index (χ0v) is 26.9.